The van der Waals surface area contributed by atoms with Crippen molar-refractivity contribution >= 4 is 22.2 Å². The lowest BCUT2D eigenvalue weighted by molar-refractivity contribution is -0.125. The third-order valence-electron chi connectivity index (χ3n) is 2.79. The molecule has 1 heterocycles. The molecular formula is C15H29N3O6S. The first-order valence-electron chi connectivity index (χ1n) is 7.58. The fourth-order valence-corrected chi connectivity index (χ4v) is 1.61. The van der Waals surface area contributed by atoms with E-state index < -0.39 is 10.4 Å². The normalized spacial score (nSPS) is 13.4. The second kappa shape index (κ2) is 13.5. The Balaban J connectivity index is 0. The van der Waals surface area contributed by atoms with Gasteiger partial charge in [-0.15, -0.1) is 0 Å². The maximum Gasteiger partial charge on any atom is 0.394 e. The molecule has 1 fully saturated rings. The van der Waals surface area contributed by atoms with Crippen molar-refractivity contribution in [3.63, 3.8) is 0 Å². The summed E-state index contributed by atoms with van der Waals surface area (Å²) in [6.07, 6.45) is 4.26. The zero-order valence-electron chi connectivity index (χ0n) is 15.1. The molecule has 1 aliphatic heterocycles. The second-order valence-electron chi connectivity index (χ2n) is 5.51. The number of hydrogen-bond donors (Lipinski definition) is 3. The lowest BCUT2D eigenvalue weighted by atomic mass is 10.3. The van der Waals surface area contributed by atoms with Crippen LogP contribution in [0.4, 0.5) is 0 Å². The Hall–Kier alpha value is -1.75. The maximum atomic E-state index is 11.0. The Morgan fingerprint density at radius 1 is 1.40 bits per heavy atom. The summed E-state index contributed by atoms with van der Waals surface area (Å²) in [6.45, 7) is 11.3. The minimum atomic E-state index is -4.67. The first-order valence-corrected chi connectivity index (χ1v) is 8.98. The molecule has 2 amide bonds. The Bertz CT molecular complexity index is 537. The second-order valence-corrected chi connectivity index (χ2v) is 6.41. The van der Waals surface area contributed by atoms with Gasteiger partial charge in [0.1, 0.15) is 0 Å². The molecule has 0 bridgehead atoms. The molecule has 0 radical (unpaired) electrons. The van der Waals surface area contributed by atoms with Crippen LogP contribution >= 0.6 is 0 Å². The van der Waals surface area contributed by atoms with E-state index in [1.165, 1.54) is 0 Å². The highest BCUT2D eigenvalue weighted by Crippen LogP contribution is 2.08. The van der Waals surface area contributed by atoms with Gasteiger partial charge in [0.15, 0.2) is 0 Å². The van der Waals surface area contributed by atoms with Crippen LogP contribution in [0, 0.1) is 0 Å². The van der Waals surface area contributed by atoms with E-state index in [1.807, 2.05) is 14.1 Å². The number of carbonyl (C=O) groups is 2. The Kier molecular flexibility index (Phi) is 13.8. The van der Waals surface area contributed by atoms with Gasteiger partial charge in [0.25, 0.3) is 0 Å². The van der Waals surface area contributed by atoms with E-state index in [-0.39, 0.29) is 11.8 Å². The third kappa shape index (κ3) is 20.2. The number of amides is 2. The number of carbonyl (C=O) groups excluding carboxylic acids is 2. The van der Waals surface area contributed by atoms with Gasteiger partial charge < -0.3 is 15.1 Å². The van der Waals surface area contributed by atoms with Gasteiger partial charge in [-0.25, -0.2) is 0 Å². The Morgan fingerprint density at radius 3 is 2.20 bits per heavy atom. The van der Waals surface area contributed by atoms with Gasteiger partial charge in [-0.3, -0.25) is 18.7 Å². The molecule has 146 valence electrons. The molecular weight excluding hydrogens is 350 g/mol. The average Bonchev–Trinajstić information content (AvgIpc) is 2.87. The van der Waals surface area contributed by atoms with Crippen molar-refractivity contribution in [2.45, 2.75) is 26.2 Å². The Morgan fingerprint density at radius 2 is 1.92 bits per heavy atom. The zero-order valence-corrected chi connectivity index (χ0v) is 15.9. The van der Waals surface area contributed by atoms with E-state index in [9.17, 15) is 9.59 Å². The molecule has 10 heteroatoms. The molecule has 0 spiro atoms. The summed E-state index contributed by atoms with van der Waals surface area (Å²) in [5.74, 6) is 0.161. The topological polar surface area (TPSA) is 127 Å². The van der Waals surface area contributed by atoms with Crippen molar-refractivity contribution in [1.29, 1.82) is 0 Å². The predicted octanol–water partition coefficient (Wildman–Crippen LogP) is 0.730. The van der Waals surface area contributed by atoms with Crippen molar-refractivity contribution in [3.8, 4) is 0 Å². The van der Waals surface area contributed by atoms with Crippen LogP contribution < -0.4 is 5.32 Å². The summed E-state index contributed by atoms with van der Waals surface area (Å²) in [5, 5.41) is 2.77. The van der Waals surface area contributed by atoms with Crippen molar-refractivity contribution < 1.29 is 27.1 Å². The van der Waals surface area contributed by atoms with Crippen LogP contribution in [0.3, 0.4) is 0 Å². The van der Waals surface area contributed by atoms with Crippen molar-refractivity contribution in [3.05, 3.63) is 24.9 Å². The lowest BCUT2D eigenvalue weighted by Gasteiger charge is -2.09. The molecule has 0 aliphatic carbocycles. The van der Waals surface area contributed by atoms with Crippen LogP contribution in [0.5, 0.6) is 0 Å². The van der Waals surface area contributed by atoms with Crippen LogP contribution in [0.2, 0.25) is 0 Å². The zero-order chi connectivity index (χ0) is 20.0. The maximum absolute atomic E-state index is 11.0. The van der Waals surface area contributed by atoms with E-state index in [0.717, 1.165) is 32.5 Å². The number of rotatable bonds is 6. The van der Waals surface area contributed by atoms with Crippen LogP contribution in [0.15, 0.2) is 24.9 Å². The van der Waals surface area contributed by atoms with Crippen LogP contribution in [0.1, 0.15) is 26.2 Å². The van der Waals surface area contributed by atoms with Gasteiger partial charge in [-0.05, 0) is 46.6 Å². The monoisotopic (exact) mass is 379 g/mol. The summed E-state index contributed by atoms with van der Waals surface area (Å²) >= 11 is 0. The predicted molar refractivity (Wildman–Crippen MR) is 96.3 cm³/mol. The third-order valence-corrected chi connectivity index (χ3v) is 2.79. The highest BCUT2D eigenvalue weighted by molar-refractivity contribution is 7.79. The average molecular weight is 379 g/mol. The van der Waals surface area contributed by atoms with Crippen LogP contribution in [0.25, 0.3) is 0 Å². The number of hydrogen-bond acceptors (Lipinski definition) is 5. The van der Waals surface area contributed by atoms with E-state index in [4.69, 9.17) is 17.5 Å². The fourth-order valence-electron chi connectivity index (χ4n) is 1.61. The summed E-state index contributed by atoms with van der Waals surface area (Å²) < 4.78 is 31.6. The minimum Gasteiger partial charge on any atom is -0.352 e. The number of nitrogens with one attached hydrogen (secondary N) is 1. The molecule has 0 aromatic rings. The molecule has 9 nitrogen and oxygen atoms in total. The molecule has 1 rings (SSSR count). The van der Waals surface area contributed by atoms with Crippen molar-refractivity contribution in [2.75, 3.05) is 33.7 Å². The van der Waals surface area contributed by atoms with Gasteiger partial charge in [-0.1, -0.05) is 13.2 Å². The Labute approximate surface area is 149 Å². The lowest BCUT2D eigenvalue weighted by Crippen LogP contribution is -2.27. The first-order chi connectivity index (χ1) is 11.4. The molecule has 3 N–H and O–H groups in total. The molecule has 0 aromatic carbocycles. The van der Waals surface area contributed by atoms with E-state index in [2.05, 4.69) is 23.4 Å². The first kappa shape index (κ1) is 25.5. The molecule has 1 saturated heterocycles. The SMILES string of the molecule is C=C(C)C(=O)NCCCN(C)C.C=CN1CCCC1=O.O=S(=O)(O)O. The van der Waals surface area contributed by atoms with Gasteiger partial charge in [0, 0.05) is 25.1 Å². The standard InChI is InChI=1S/C9H18N2O.C6H9NO.H2O4S/c1-8(2)9(12)10-6-5-7-11(3)4;1-2-7-5-3-4-6(7)8;1-5(2,3)4/h1,5-7H2,2-4H3,(H,10,12);2H,1,3-5H2;(H2,1,2,3,4). The largest absolute Gasteiger partial charge is 0.394 e. The van der Waals surface area contributed by atoms with E-state index >= 15 is 0 Å². The van der Waals surface area contributed by atoms with Crippen LogP contribution in [-0.2, 0) is 20.0 Å². The van der Waals surface area contributed by atoms with E-state index in [0.29, 0.717) is 12.0 Å². The van der Waals surface area contributed by atoms with Gasteiger partial charge >= 0.3 is 10.4 Å². The summed E-state index contributed by atoms with van der Waals surface area (Å²) in [4.78, 5) is 25.4. The number of likely N-dealkylation sites (tertiary alicyclic amines) is 1. The summed E-state index contributed by atoms with van der Waals surface area (Å²) in [6, 6.07) is 0. The molecule has 25 heavy (non-hydrogen) atoms. The molecule has 0 saturated carbocycles. The summed E-state index contributed by atoms with van der Waals surface area (Å²) in [7, 11) is -0.638. The van der Waals surface area contributed by atoms with Gasteiger partial charge in [0.2, 0.25) is 11.8 Å². The van der Waals surface area contributed by atoms with Crippen molar-refractivity contribution in [1.82, 2.24) is 15.1 Å². The number of nitrogens with zero attached hydrogens (tertiary/aromatic N) is 2. The molecule has 0 atom stereocenters. The molecule has 0 unspecified atom stereocenters. The quantitative estimate of drug-likeness (QED) is 0.353. The summed E-state index contributed by atoms with van der Waals surface area (Å²) in [5.41, 5.74) is 0.569. The van der Waals surface area contributed by atoms with E-state index in [1.54, 1.807) is 18.0 Å². The molecule has 1 aliphatic rings. The highest BCUT2D eigenvalue weighted by Gasteiger charge is 2.16. The van der Waals surface area contributed by atoms with Gasteiger partial charge in [0.05, 0.1) is 0 Å². The highest BCUT2D eigenvalue weighted by atomic mass is 32.3. The van der Waals surface area contributed by atoms with Crippen LogP contribution in [-0.4, -0.2) is 72.9 Å². The smallest absolute Gasteiger partial charge is 0.352 e. The van der Waals surface area contributed by atoms with Crippen molar-refractivity contribution in [2.24, 2.45) is 0 Å². The van der Waals surface area contributed by atoms with Gasteiger partial charge in [-0.2, -0.15) is 8.42 Å². The minimum absolute atomic E-state index is 0.0474. The molecule has 0 aromatic heterocycles. The fraction of sp³-hybridized carbons (Fsp3) is 0.600.